The van der Waals surface area contributed by atoms with Crippen LogP contribution in [0.25, 0.3) is 0 Å². The quantitative estimate of drug-likeness (QED) is 0.743. The molecule has 0 aliphatic carbocycles. The van der Waals surface area contributed by atoms with Gasteiger partial charge in [0.1, 0.15) is 5.38 Å². The Kier molecular flexibility index (Phi) is 3.51. The predicted molar refractivity (Wildman–Crippen MR) is 58.2 cm³/mol. The van der Waals surface area contributed by atoms with E-state index in [9.17, 15) is 4.79 Å². The zero-order valence-electron chi connectivity index (χ0n) is 7.47. The van der Waals surface area contributed by atoms with Crippen LogP contribution in [0, 0.1) is 6.92 Å². The summed E-state index contributed by atoms with van der Waals surface area (Å²) < 4.78 is 0.983. The van der Waals surface area contributed by atoms with Crippen molar-refractivity contribution in [3.63, 3.8) is 0 Å². The number of hydrogen-bond acceptors (Lipinski definition) is 1. The lowest BCUT2D eigenvalue weighted by Crippen LogP contribution is -2.03. The number of ketones is 1. The molecule has 1 nitrogen and oxygen atoms in total. The third kappa shape index (κ3) is 2.32. The molecule has 0 fully saturated rings. The molecule has 1 atom stereocenters. The molecule has 0 heterocycles. The maximum Gasteiger partial charge on any atom is 0.152 e. The van der Waals surface area contributed by atoms with Gasteiger partial charge < -0.3 is 0 Å². The van der Waals surface area contributed by atoms with Crippen LogP contribution in [0.15, 0.2) is 22.7 Å². The first-order chi connectivity index (χ1) is 6.04. The van der Waals surface area contributed by atoms with E-state index in [1.807, 2.05) is 25.1 Å². The molecule has 0 aliphatic heterocycles. The monoisotopic (exact) mass is 260 g/mol. The summed E-state index contributed by atoms with van der Waals surface area (Å²) in [6.45, 7) is 3.44. The van der Waals surface area contributed by atoms with Crippen molar-refractivity contribution in [2.45, 2.75) is 19.2 Å². The van der Waals surface area contributed by atoms with Crippen LogP contribution in [-0.4, -0.2) is 5.78 Å². The van der Waals surface area contributed by atoms with Gasteiger partial charge in [0, 0.05) is 4.47 Å². The number of carbonyl (C=O) groups is 1. The van der Waals surface area contributed by atoms with Gasteiger partial charge in [0.05, 0.1) is 0 Å². The molecule has 1 unspecified atom stereocenters. The van der Waals surface area contributed by atoms with E-state index in [1.54, 1.807) is 0 Å². The number of alkyl halides is 1. The summed E-state index contributed by atoms with van der Waals surface area (Å²) in [5.41, 5.74) is 1.90. The normalized spacial score (nSPS) is 12.6. The largest absolute Gasteiger partial charge is 0.298 e. The Morgan fingerprint density at radius 3 is 2.69 bits per heavy atom. The highest BCUT2D eigenvalue weighted by Crippen LogP contribution is 2.28. The van der Waals surface area contributed by atoms with Crippen molar-refractivity contribution >= 4 is 33.3 Å². The molecule has 0 spiro atoms. The van der Waals surface area contributed by atoms with E-state index in [2.05, 4.69) is 15.9 Å². The number of Topliss-reactive ketones (excluding diaryl/α,β-unsaturated/α-hetero) is 1. The van der Waals surface area contributed by atoms with E-state index in [-0.39, 0.29) is 5.78 Å². The Hall–Kier alpha value is -0.340. The molecule has 0 amide bonds. The van der Waals surface area contributed by atoms with E-state index >= 15 is 0 Å². The van der Waals surface area contributed by atoms with E-state index in [0.29, 0.717) is 0 Å². The first-order valence-corrected chi connectivity index (χ1v) is 5.16. The molecule has 0 bridgehead atoms. The topological polar surface area (TPSA) is 17.1 Å². The molecule has 1 rings (SSSR count). The summed E-state index contributed by atoms with van der Waals surface area (Å²) >= 11 is 9.34. The first kappa shape index (κ1) is 10.7. The molecule has 0 radical (unpaired) electrons. The Labute approximate surface area is 91.2 Å². The second kappa shape index (κ2) is 4.25. The predicted octanol–water partition coefficient (Wildman–Crippen LogP) is 3.63. The average molecular weight is 262 g/mol. The zero-order valence-corrected chi connectivity index (χ0v) is 9.82. The van der Waals surface area contributed by atoms with Crippen molar-refractivity contribution in [2.24, 2.45) is 0 Å². The van der Waals surface area contributed by atoms with Crippen LogP contribution in [0.4, 0.5) is 0 Å². The maximum absolute atomic E-state index is 11.1. The first-order valence-electron chi connectivity index (χ1n) is 3.93. The minimum absolute atomic E-state index is 0.0251. The van der Waals surface area contributed by atoms with Crippen LogP contribution in [-0.2, 0) is 4.79 Å². The Morgan fingerprint density at radius 2 is 2.15 bits per heavy atom. The van der Waals surface area contributed by atoms with Gasteiger partial charge in [-0.3, -0.25) is 4.79 Å². The van der Waals surface area contributed by atoms with E-state index in [4.69, 9.17) is 11.6 Å². The Morgan fingerprint density at radius 1 is 1.54 bits per heavy atom. The van der Waals surface area contributed by atoms with Crippen molar-refractivity contribution in [3.05, 3.63) is 33.8 Å². The fraction of sp³-hybridized carbons (Fsp3) is 0.300. The molecule has 70 valence electrons. The van der Waals surface area contributed by atoms with Crippen LogP contribution < -0.4 is 0 Å². The standard InChI is InChI=1S/C10H10BrClO/c1-6-8(10(12)7(2)13)4-3-5-9(6)11/h3-5,10H,1-2H3. The number of benzene rings is 1. The van der Waals surface area contributed by atoms with Gasteiger partial charge in [-0.1, -0.05) is 28.1 Å². The lowest BCUT2D eigenvalue weighted by molar-refractivity contribution is -0.116. The van der Waals surface area contributed by atoms with Crippen molar-refractivity contribution in [1.29, 1.82) is 0 Å². The molecule has 0 saturated carbocycles. The second-order valence-corrected chi connectivity index (χ2v) is 4.22. The summed E-state index contributed by atoms with van der Waals surface area (Å²) in [6, 6.07) is 5.69. The molecule has 0 saturated heterocycles. The van der Waals surface area contributed by atoms with Gasteiger partial charge in [0.25, 0.3) is 0 Å². The van der Waals surface area contributed by atoms with Crippen LogP contribution in [0.2, 0.25) is 0 Å². The highest BCUT2D eigenvalue weighted by molar-refractivity contribution is 9.10. The van der Waals surface area contributed by atoms with E-state index in [1.165, 1.54) is 6.92 Å². The lowest BCUT2D eigenvalue weighted by Gasteiger charge is -2.10. The molecule has 3 heteroatoms. The van der Waals surface area contributed by atoms with Crippen molar-refractivity contribution in [2.75, 3.05) is 0 Å². The van der Waals surface area contributed by atoms with Crippen LogP contribution in [0.5, 0.6) is 0 Å². The smallest absolute Gasteiger partial charge is 0.152 e. The lowest BCUT2D eigenvalue weighted by atomic mass is 10.0. The number of hydrogen-bond donors (Lipinski definition) is 0. The van der Waals surface area contributed by atoms with E-state index in [0.717, 1.165) is 15.6 Å². The van der Waals surface area contributed by atoms with Crippen molar-refractivity contribution in [3.8, 4) is 0 Å². The van der Waals surface area contributed by atoms with Crippen LogP contribution >= 0.6 is 27.5 Å². The number of carbonyl (C=O) groups excluding carboxylic acids is 1. The summed E-state index contributed by atoms with van der Waals surface area (Å²) in [7, 11) is 0. The summed E-state index contributed by atoms with van der Waals surface area (Å²) in [4.78, 5) is 11.1. The molecule has 1 aromatic rings. The molecule has 0 aromatic heterocycles. The third-order valence-corrected chi connectivity index (χ3v) is 3.34. The Bertz CT molecular complexity index is 336. The molecular weight excluding hydrogens is 251 g/mol. The van der Waals surface area contributed by atoms with Gasteiger partial charge >= 0.3 is 0 Å². The van der Waals surface area contributed by atoms with Gasteiger partial charge in [-0.25, -0.2) is 0 Å². The highest BCUT2D eigenvalue weighted by Gasteiger charge is 2.15. The minimum atomic E-state index is -0.530. The summed E-state index contributed by atoms with van der Waals surface area (Å²) in [5.74, 6) is -0.0251. The van der Waals surface area contributed by atoms with Gasteiger partial charge in [0.15, 0.2) is 5.78 Å². The fourth-order valence-corrected chi connectivity index (χ4v) is 1.74. The van der Waals surface area contributed by atoms with Gasteiger partial charge in [-0.15, -0.1) is 11.6 Å². The summed E-state index contributed by atoms with van der Waals surface area (Å²) in [5, 5.41) is -0.530. The third-order valence-electron chi connectivity index (χ3n) is 1.94. The molecule has 13 heavy (non-hydrogen) atoms. The average Bonchev–Trinajstić information content (AvgIpc) is 2.08. The van der Waals surface area contributed by atoms with Gasteiger partial charge in [0.2, 0.25) is 0 Å². The Balaban J connectivity index is 3.15. The summed E-state index contributed by atoms with van der Waals surface area (Å²) in [6.07, 6.45) is 0. The second-order valence-electron chi connectivity index (χ2n) is 2.93. The SMILES string of the molecule is CC(=O)C(Cl)c1cccc(Br)c1C. The zero-order chi connectivity index (χ0) is 10.0. The van der Waals surface area contributed by atoms with Crippen molar-refractivity contribution in [1.82, 2.24) is 0 Å². The van der Waals surface area contributed by atoms with Gasteiger partial charge in [-0.2, -0.15) is 0 Å². The number of rotatable bonds is 2. The van der Waals surface area contributed by atoms with E-state index < -0.39 is 5.38 Å². The molecule has 1 aromatic carbocycles. The van der Waals surface area contributed by atoms with Gasteiger partial charge in [-0.05, 0) is 31.0 Å². The minimum Gasteiger partial charge on any atom is -0.298 e. The maximum atomic E-state index is 11.1. The molecular formula is C10H10BrClO. The van der Waals surface area contributed by atoms with Crippen LogP contribution in [0.3, 0.4) is 0 Å². The van der Waals surface area contributed by atoms with Crippen molar-refractivity contribution < 1.29 is 4.79 Å². The fourth-order valence-electron chi connectivity index (χ4n) is 1.12. The number of halogens is 2. The molecule has 0 aliphatic rings. The molecule has 0 N–H and O–H groups in total. The highest BCUT2D eigenvalue weighted by atomic mass is 79.9. The van der Waals surface area contributed by atoms with Crippen LogP contribution in [0.1, 0.15) is 23.4 Å².